The van der Waals surface area contributed by atoms with Crippen LogP contribution in [0.15, 0.2) is 24.4 Å². The molecule has 1 nitrogen and oxygen atoms in total. The number of hydrogen-bond acceptors (Lipinski definition) is 3. The largest absolute Gasteiger partial charge is 0.260 e. The molecule has 60 valence electrons. The molecule has 0 saturated heterocycles. The molecule has 0 spiro atoms. The molecular formula is C8H11NS2. The Kier molecular flexibility index (Phi) is 4.47. The van der Waals surface area contributed by atoms with Gasteiger partial charge in [-0.3, -0.25) is 4.98 Å². The number of pyridine rings is 1. The second-order valence-electron chi connectivity index (χ2n) is 2.10. The molecule has 0 unspecified atom stereocenters. The number of rotatable bonds is 4. The Bertz CT molecular complexity index is 189. The second kappa shape index (κ2) is 5.49. The Morgan fingerprint density at radius 2 is 2.36 bits per heavy atom. The van der Waals surface area contributed by atoms with Gasteiger partial charge in [-0.1, -0.05) is 6.07 Å². The Labute approximate surface area is 77.0 Å². The molecular weight excluding hydrogens is 174 g/mol. The molecule has 0 bridgehead atoms. The van der Waals surface area contributed by atoms with Gasteiger partial charge in [-0.15, -0.1) is 0 Å². The first-order valence-electron chi connectivity index (χ1n) is 3.52. The maximum absolute atomic E-state index is 4.20. The van der Waals surface area contributed by atoms with E-state index < -0.39 is 0 Å². The minimum absolute atomic E-state index is 0.942. The summed E-state index contributed by atoms with van der Waals surface area (Å²) in [6.07, 6.45) is 1.83. The van der Waals surface area contributed by atoms with Gasteiger partial charge in [-0.25, -0.2) is 0 Å². The molecule has 0 atom stereocenters. The first-order valence-corrected chi connectivity index (χ1v) is 5.30. The van der Waals surface area contributed by atoms with Crippen LogP contribution in [0.1, 0.15) is 5.69 Å². The SMILES string of the molecule is SCCSCc1ccccn1. The predicted octanol–water partition coefficient (Wildman–Crippen LogP) is 2.24. The first-order chi connectivity index (χ1) is 5.43. The van der Waals surface area contributed by atoms with E-state index in [0.717, 1.165) is 23.0 Å². The predicted molar refractivity (Wildman–Crippen MR) is 54.3 cm³/mol. The normalized spacial score (nSPS) is 9.91. The monoisotopic (exact) mass is 185 g/mol. The molecule has 0 aliphatic carbocycles. The summed E-state index contributed by atoms with van der Waals surface area (Å²) < 4.78 is 0. The molecule has 0 saturated carbocycles. The highest BCUT2D eigenvalue weighted by molar-refractivity contribution is 7.99. The van der Waals surface area contributed by atoms with Gasteiger partial charge in [0.25, 0.3) is 0 Å². The molecule has 0 aliphatic heterocycles. The number of thiol groups is 1. The van der Waals surface area contributed by atoms with E-state index in [9.17, 15) is 0 Å². The molecule has 0 N–H and O–H groups in total. The van der Waals surface area contributed by atoms with Gasteiger partial charge in [-0.2, -0.15) is 24.4 Å². The third kappa shape index (κ3) is 3.68. The molecule has 1 rings (SSSR count). The standard InChI is InChI=1S/C8H11NS2/c10-5-6-11-7-8-3-1-2-4-9-8/h1-4,10H,5-7H2. The Morgan fingerprint density at radius 3 is 3.00 bits per heavy atom. The molecule has 3 heteroatoms. The van der Waals surface area contributed by atoms with Crippen molar-refractivity contribution in [1.82, 2.24) is 4.98 Å². The minimum atomic E-state index is 0.942. The van der Waals surface area contributed by atoms with Crippen molar-refractivity contribution < 1.29 is 0 Å². The Balaban J connectivity index is 2.28. The quantitative estimate of drug-likeness (QED) is 0.571. The summed E-state index contributed by atoms with van der Waals surface area (Å²) in [5.74, 6) is 3.04. The molecule has 0 radical (unpaired) electrons. The second-order valence-corrected chi connectivity index (χ2v) is 3.65. The van der Waals surface area contributed by atoms with Crippen LogP contribution in [0.3, 0.4) is 0 Å². The number of thioether (sulfide) groups is 1. The zero-order valence-corrected chi connectivity index (χ0v) is 7.94. The lowest BCUT2D eigenvalue weighted by molar-refractivity contribution is 1.17. The van der Waals surface area contributed by atoms with Gasteiger partial charge in [0.05, 0.1) is 5.69 Å². The summed E-state index contributed by atoms with van der Waals surface area (Å²) in [7, 11) is 0. The minimum Gasteiger partial charge on any atom is -0.260 e. The van der Waals surface area contributed by atoms with Crippen LogP contribution in [0, 0.1) is 0 Å². The zero-order valence-electron chi connectivity index (χ0n) is 6.23. The van der Waals surface area contributed by atoms with Gasteiger partial charge < -0.3 is 0 Å². The molecule has 1 aromatic heterocycles. The molecule has 0 aromatic carbocycles. The van der Waals surface area contributed by atoms with Gasteiger partial charge in [0.2, 0.25) is 0 Å². The van der Waals surface area contributed by atoms with Crippen molar-refractivity contribution in [3.05, 3.63) is 30.1 Å². The smallest absolute Gasteiger partial charge is 0.0502 e. The van der Waals surface area contributed by atoms with Crippen molar-refractivity contribution in [2.75, 3.05) is 11.5 Å². The zero-order chi connectivity index (χ0) is 7.94. The molecule has 0 aliphatic rings. The fraction of sp³-hybridized carbons (Fsp3) is 0.375. The molecule has 1 aromatic rings. The lowest BCUT2D eigenvalue weighted by atomic mass is 10.4. The van der Waals surface area contributed by atoms with Crippen LogP contribution < -0.4 is 0 Å². The highest BCUT2D eigenvalue weighted by atomic mass is 32.2. The maximum Gasteiger partial charge on any atom is 0.0502 e. The summed E-state index contributed by atoms with van der Waals surface area (Å²) >= 11 is 5.99. The average molecular weight is 185 g/mol. The molecule has 0 amide bonds. The van der Waals surface area contributed by atoms with Crippen molar-refractivity contribution in [2.24, 2.45) is 0 Å². The van der Waals surface area contributed by atoms with Crippen LogP contribution in [0.2, 0.25) is 0 Å². The van der Waals surface area contributed by atoms with Crippen LogP contribution in [0.25, 0.3) is 0 Å². The lowest BCUT2D eigenvalue weighted by Crippen LogP contribution is -1.86. The first kappa shape index (κ1) is 8.94. The fourth-order valence-corrected chi connectivity index (χ4v) is 1.77. The van der Waals surface area contributed by atoms with E-state index in [-0.39, 0.29) is 0 Å². The van der Waals surface area contributed by atoms with E-state index in [4.69, 9.17) is 0 Å². The van der Waals surface area contributed by atoms with E-state index in [1.54, 1.807) is 0 Å². The third-order valence-corrected chi connectivity index (χ3v) is 2.73. The summed E-state index contributed by atoms with van der Waals surface area (Å²) in [4.78, 5) is 4.20. The average Bonchev–Trinajstić information content (AvgIpc) is 2.07. The number of hydrogen-bond donors (Lipinski definition) is 1. The fourth-order valence-electron chi connectivity index (χ4n) is 0.725. The van der Waals surface area contributed by atoms with E-state index in [0.29, 0.717) is 0 Å². The number of aromatic nitrogens is 1. The van der Waals surface area contributed by atoms with Gasteiger partial charge in [-0.05, 0) is 17.9 Å². The summed E-state index contributed by atoms with van der Waals surface area (Å²) in [6, 6.07) is 6.00. The Morgan fingerprint density at radius 1 is 1.45 bits per heavy atom. The van der Waals surface area contributed by atoms with Crippen molar-refractivity contribution in [2.45, 2.75) is 5.75 Å². The molecule has 0 fully saturated rings. The van der Waals surface area contributed by atoms with E-state index in [2.05, 4.69) is 17.6 Å². The summed E-state index contributed by atoms with van der Waals surface area (Å²) in [6.45, 7) is 0. The summed E-state index contributed by atoms with van der Waals surface area (Å²) in [5.41, 5.74) is 1.15. The Hall–Kier alpha value is -0.150. The van der Waals surface area contributed by atoms with Gasteiger partial charge in [0.1, 0.15) is 0 Å². The molecule has 11 heavy (non-hydrogen) atoms. The summed E-state index contributed by atoms with van der Waals surface area (Å²) in [5, 5.41) is 0. The lowest BCUT2D eigenvalue weighted by Gasteiger charge is -1.97. The third-order valence-electron chi connectivity index (χ3n) is 1.21. The molecule has 1 heterocycles. The van der Waals surface area contributed by atoms with Crippen molar-refractivity contribution in [3.63, 3.8) is 0 Å². The maximum atomic E-state index is 4.20. The topological polar surface area (TPSA) is 12.9 Å². The van der Waals surface area contributed by atoms with Gasteiger partial charge in [0, 0.05) is 17.7 Å². The van der Waals surface area contributed by atoms with Crippen LogP contribution in [-0.4, -0.2) is 16.5 Å². The van der Waals surface area contributed by atoms with Gasteiger partial charge >= 0.3 is 0 Å². The van der Waals surface area contributed by atoms with Crippen LogP contribution >= 0.6 is 24.4 Å². The highest BCUT2D eigenvalue weighted by Gasteiger charge is 1.91. The highest BCUT2D eigenvalue weighted by Crippen LogP contribution is 2.08. The van der Waals surface area contributed by atoms with Crippen LogP contribution in [0.5, 0.6) is 0 Å². The van der Waals surface area contributed by atoms with Crippen molar-refractivity contribution in [1.29, 1.82) is 0 Å². The van der Waals surface area contributed by atoms with Crippen LogP contribution in [-0.2, 0) is 5.75 Å². The van der Waals surface area contributed by atoms with Gasteiger partial charge in [0.15, 0.2) is 0 Å². The van der Waals surface area contributed by atoms with Crippen molar-refractivity contribution in [3.8, 4) is 0 Å². The van der Waals surface area contributed by atoms with E-state index >= 15 is 0 Å². The van der Waals surface area contributed by atoms with Crippen molar-refractivity contribution >= 4 is 24.4 Å². The van der Waals surface area contributed by atoms with E-state index in [1.807, 2.05) is 36.2 Å². The van der Waals surface area contributed by atoms with Crippen LogP contribution in [0.4, 0.5) is 0 Å². The van der Waals surface area contributed by atoms with E-state index in [1.165, 1.54) is 0 Å². The number of nitrogens with zero attached hydrogens (tertiary/aromatic N) is 1.